The monoisotopic (exact) mass is 1180 g/mol. The van der Waals surface area contributed by atoms with Gasteiger partial charge in [-0.25, -0.2) is 9.13 Å². The summed E-state index contributed by atoms with van der Waals surface area (Å²) in [4.78, 5) is 71.6. The van der Waals surface area contributed by atoms with Gasteiger partial charge in [0.25, 0.3) is 0 Å². The van der Waals surface area contributed by atoms with Crippen molar-refractivity contribution in [2.24, 2.45) is 5.92 Å². The predicted molar refractivity (Wildman–Crippen MR) is 317 cm³/mol. The van der Waals surface area contributed by atoms with E-state index in [0.29, 0.717) is 25.7 Å². The van der Waals surface area contributed by atoms with Gasteiger partial charge in [0.05, 0.1) is 26.4 Å². The molecule has 474 valence electrons. The molecule has 2 unspecified atom stereocenters. The lowest BCUT2D eigenvalue weighted by atomic mass is 10.0. The van der Waals surface area contributed by atoms with E-state index in [0.717, 1.165) is 102 Å². The van der Waals surface area contributed by atoms with Gasteiger partial charge in [0.2, 0.25) is 0 Å². The second kappa shape index (κ2) is 55.0. The molecule has 0 saturated carbocycles. The Kier molecular flexibility index (Phi) is 53.6. The van der Waals surface area contributed by atoms with Crippen LogP contribution in [0.5, 0.6) is 0 Å². The van der Waals surface area contributed by atoms with Gasteiger partial charge in [0, 0.05) is 25.7 Å². The first kappa shape index (κ1) is 78.1. The average Bonchev–Trinajstić information content (AvgIpc) is 3.42. The van der Waals surface area contributed by atoms with Crippen LogP contribution in [-0.2, 0) is 65.4 Å². The zero-order valence-electron chi connectivity index (χ0n) is 51.2. The standard InChI is InChI=1S/C61H118O17P2/c1-6-9-12-15-16-17-18-19-20-21-25-28-31-36-40-45-59(64)72-51-57(78-61(66)47-42-37-32-29-26-23-22-24-27-30-35-38-43-54(4)5)53-76-80(69,70)74-49-55(62)48-73-79(67,68)75-52-56(77-60(65)46-41-34-14-11-8-3)50-71-58(63)44-39-33-13-10-7-2/h54-57,62H,6-53H2,1-5H3,(H,67,68)(H,69,70)/t55-,56+,57+/m0/s1. The Balaban J connectivity index is 5.11. The molecular weight excluding hydrogens is 1070 g/mol. The molecule has 80 heavy (non-hydrogen) atoms. The van der Waals surface area contributed by atoms with Crippen molar-refractivity contribution in [3.05, 3.63) is 0 Å². The van der Waals surface area contributed by atoms with Gasteiger partial charge in [-0.05, 0) is 31.6 Å². The maximum atomic E-state index is 12.9. The third kappa shape index (κ3) is 55.3. The molecule has 3 N–H and O–H groups in total. The number of aliphatic hydroxyl groups excluding tert-OH is 1. The van der Waals surface area contributed by atoms with Gasteiger partial charge in [0.1, 0.15) is 19.3 Å². The Morgan fingerprint density at radius 2 is 0.575 bits per heavy atom. The Bertz CT molecular complexity index is 1570. The highest BCUT2D eigenvalue weighted by atomic mass is 31.2. The van der Waals surface area contributed by atoms with Crippen LogP contribution in [0.1, 0.15) is 304 Å². The summed E-state index contributed by atoms with van der Waals surface area (Å²) in [6.07, 6.45) is 38.3. The zero-order valence-corrected chi connectivity index (χ0v) is 53.0. The molecule has 0 aliphatic carbocycles. The molecule has 0 aromatic carbocycles. The van der Waals surface area contributed by atoms with Crippen LogP contribution >= 0.6 is 15.6 Å². The number of phosphoric acid groups is 2. The van der Waals surface area contributed by atoms with Crippen molar-refractivity contribution in [3.8, 4) is 0 Å². The number of carbonyl (C=O) groups is 4. The number of rotatable bonds is 61. The van der Waals surface area contributed by atoms with Crippen molar-refractivity contribution in [1.82, 2.24) is 0 Å². The minimum absolute atomic E-state index is 0.0989. The van der Waals surface area contributed by atoms with Crippen LogP contribution in [0.15, 0.2) is 0 Å². The van der Waals surface area contributed by atoms with Gasteiger partial charge in [-0.1, -0.05) is 253 Å². The Hall–Kier alpha value is -1.94. The fourth-order valence-electron chi connectivity index (χ4n) is 9.05. The highest BCUT2D eigenvalue weighted by Gasteiger charge is 2.30. The van der Waals surface area contributed by atoms with E-state index in [1.54, 1.807) is 0 Å². The van der Waals surface area contributed by atoms with Crippen molar-refractivity contribution in [1.29, 1.82) is 0 Å². The van der Waals surface area contributed by atoms with E-state index >= 15 is 0 Å². The van der Waals surface area contributed by atoms with Gasteiger partial charge in [-0.3, -0.25) is 37.3 Å². The Morgan fingerprint density at radius 1 is 0.338 bits per heavy atom. The van der Waals surface area contributed by atoms with Crippen LogP contribution in [0.4, 0.5) is 0 Å². The van der Waals surface area contributed by atoms with E-state index in [4.69, 9.17) is 37.0 Å². The highest BCUT2D eigenvalue weighted by molar-refractivity contribution is 7.47. The summed E-state index contributed by atoms with van der Waals surface area (Å²) in [6, 6.07) is 0. The lowest BCUT2D eigenvalue weighted by Gasteiger charge is -2.21. The number of unbranched alkanes of at least 4 members (excludes halogenated alkanes) is 33. The summed E-state index contributed by atoms with van der Waals surface area (Å²) >= 11 is 0. The number of esters is 4. The molecule has 0 saturated heterocycles. The molecule has 0 aromatic rings. The van der Waals surface area contributed by atoms with Crippen molar-refractivity contribution in [2.45, 2.75) is 323 Å². The summed E-state index contributed by atoms with van der Waals surface area (Å²) in [5.41, 5.74) is 0. The first-order chi connectivity index (χ1) is 38.5. The SMILES string of the molecule is CCCCCCCCCCCCCCCCCC(=O)OC[C@H](COP(=O)(O)OC[C@@H](O)COP(=O)(O)OC[C@@H](COC(=O)CCCCCCC)OC(=O)CCCCCCC)OC(=O)CCCCCCCCCCCCCCC(C)C. The number of ether oxygens (including phenoxy) is 4. The molecule has 0 spiro atoms. The van der Waals surface area contributed by atoms with E-state index < -0.39 is 97.5 Å². The van der Waals surface area contributed by atoms with Gasteiger partial charge in [-0.15, -0.1) is 0 Å². The summed E-state index contributed by atoms with van der Waals surface area (Å²) in [7, 11) is -9.86. The van der Waals surface area contributed by atoms with Crippen molar-refractivity contribution >= 4 is 39.5 Å². The lowest BCUT2D eigenvalue weighted by molar-refractivity contribution is -0.161. The molecule has 17 nitrogen and oxygen atoms in total. The quantitative estimate of drug-likeness (QED) is 0.0222. The molecule has 0 radical (unpaired) electrons. The summed E-state index contributed by atoms with van der Waals surface area (Å²) in [5.74, 6) is -1.38. The van der Waals surface area contributed by atoms with Gasteiger partial charge in [0.15, 0.2) is 12.2 Å². The second-order valence-electron chi connectivity index (χ2n) is 22.6. The smallest absolute Gasteiger partial charge is 0.462 e. The first-order valence-corrected chi connectivity index (χ1v) is 35.1. The topological polar surface area (TPSA) is 237 Å². The van der Waals surface area contributed by atoms with E-state index in [9.17, 15) is 43.2 Å². The second-order valence-corrected chi connectivity index (χ2v) is 25.5. The molecule has 0 fully saturated rings. The molecule has 0 bridgehead atoms. The maximum absolute atomic E-state index is 12.9. The minimum atomic E-state index is -4.94. The molecule has 0 aliphatic heterocycles. The normalized spacial score (nSPS) is 14.3. The fraction of sp³-hybridized carbons (Fsp3) is 0.934. The fourth-order valence-corrected chi connectivity index (χ4v) is 10.6. The zero-order chi connectivity index (χ0) is 59.2. The van der Waals surface area contributed by atoms with Crippen LogP contribution in [0, 0.1) is 5.92 Å². The first-order valence-electron chi connectivity index (χ1n) is 32.1. The van der Waals surface area contributed by atoms with Crippen molar-refractivity contribution < 1.29 is 80.2 Å². The number of hydrogen-bond donors (Lipinski definition) is 3. The molecule has 0 amide bonds. The highest BCUT2D eigenvalue weighted by Crippen LogP contribution is 2.45. The van der Waals surface area contributed by atoms with Crippen molar-refractivity contribution in [2.75, 3.05) is 39.6 Å². The molecule has 0 rings (SSSR count). The largest absolute Gasteiger partial charge is 0.472 e. The van der Waals surface area contributed by atoms with Gasteiger partial charge < -0.3 is 33.8 Å². The summed E-state index contributed by atoms with van der Waals surface area (Å²) < 4.78 is 67.5. The molecule has 0 aromatic heterocycles. The Morgan fingerprint density at radius 3 is 0.850 bits per heavy atom. The van der Waals surface area contributed by atoms with Gasteiger partial charge >= 0.3 is 39.5 Å². The minimum Gasteiger partial charge on any atom is -0.462 e. The lowest BCUT2D eigenvalue weighted by Crippen LogP contribution is -2.30. The third-order valence-corrected chi connectivity index (χ3v) is 15.9. The van der Waals surface area contributed by atoms with Crippen LogP contribution in [0.25, 0.3) is 0 Å². The van der Waals surface area contributed by atoms with Crippen LogP contribution in [0.3, 0.4) is 0 Å². The number of phosphoric ester groups is 2. The van der Waals surface area contributed by atoms with Crippen LogP contribution in [0.2, 0.25) is 0 Å². The van der Waals surface area contributed by atoms with E-state index in [2.05, 4.69) is 34.6 Å². The molecular formula is C61H118O17P2. The van der Waals surface area contributed by atoms with Gasteiger partial charge in [-0.2, -0.15) is 0 Å². The van der Waals surface area contributed by atoms with Crippen molar-refractivity contribution in [3.63, 3.8) is 0 Å². The van der Waals surface area contributed by atoms with Crippen LogP contribution in [-0.4, -0.2) is 96.7 Å². The molecule has 0 aliphatic rings. The number of hydrogen-bond acceptors (Lipinski definition) is 15. The third-order valence-electron chi connectivity index (χ3n) is 14.0. The van der Waals surface area contributed by atoms with E-state index in [1.807, 2.05) is 0 Å². The molecule has 0 heterocycles. The van der Waals surface area contributed by atoms with E-state index in [-0.39, 0.29) is 25.7 Å². The van der Waals surface area contributed by atoms with E-state index in [1.165, 1.54) is 122 Å². The summed E-state index contributed by atoms with van der Waals surface area (Å²) in [5, 5.41) is 10.5. The number of carbonyl (C=O) groups excluding carboxylic acids is 4. The molecule has 19 heteroatoms. The average molecular weight is 1190 g/mol. The summed E-state index contributed by atoms with van der Waals surface area (Å²) in [6.45, 7) is 7.00. The predicted octanol–water partition coefficient (Wildman–Crippen LogP) is 16.6. The van der Waals surface area contributed by atoms with Crippen LogP contribution < -0.4 is 0 Å². The molecule has 5 atom stereocenters. The Labute approximate surface area is 486 Å². The number of aliphatic hydroxyl groups is 1. The maximum Gasteiger partial charge on any atom is 0.472 e.